The van der Waals surface area contributed by atoms with Crippen molar-refractivity contribution in [2.75, 3.05) is 20.3 Å². The Kier molecular flexibility index (Phi) is 11.5. The van der Waals surface area contributed by atoms with E-state index >= 15 is 0 Å². The Bertz CT molecular complexity index is 3400. The minimum absolute atomic E-state index is 0.0258. The summed E-state index contributed by atoms with van der Waals surface area (Å²) in [7, 11) is 1.65. The van der Waals surface area contributed by atoms with Crippen LogP contribution in [0.3, 0.4) is 0 Å². The molecule has 11 heteroatoms. The predicted molar refractivity (Wildman–Crippen MR) is 266 cm³/mol. The van der Waals surface area contributed by atoms with Crippen molar-refractivity contribution in [3.63, 3.8) is 0 Å². The number of fused-ring (bicyclic) bond motifs is 8. The van der Waals surface area contributed by atoms with Gasteiger partial charge in [-0.3, -0.25) is 4.79 Å². The van der Waals surface area contributed by atoms with E-state index < -0.39 is 0 Å². The molecule has 2 aliphatic rings. The average molecular weight is 875 g/mol. The second-order valence-corrected chi connectivity index (χ2v) is 16.1. The first-order valence-corrected chi connectivity index (χ1v) is 21.9. The Morgan fingerprint density at radius 1 is 0.642 bits per heavy atom. The quantitative estimate of drug-likeness (QED) is 0.0709. The number of H-pyrrole nitrogens is 3. The number of hydrogen-bond acceptors (Lipinski definition) is 6. The molecule has 0 aliphatic carbocycles. The SMILES string of the molecule is [C-]#[N+]c1ccc(-c2c3nc(c(-c4ccc(OC)cc4)c4ccc([nH]4)c(-c4ccc(C#N)cc4)c4nc(c(-c5ccc(OCCCNC(=O)Cc6cc[nH]c6)cc5)c5ccc2[nH]5)C=C4)C=C3)cc1. The van der Waals surface area contributed by atoms with E-state index in [1.54, 1.807) is 7.11 Å². The van der Waals surface area contributed by atoms with Gasteiger partial charge in [0, 0.05) is 63.3 Å². The second kappa shape index (κ2) is 18.5. The Balaban J connectivity index is 1.14. The molecule has 2 aliphatic heterocycles. The minimum atomic E-state index is -0.0258. The van der Waals surface area contributed by atoms with Gasteiger partial charge in [-0.1, -0.05) is 60.7 Å². The first-order chi connectivity index (χ1) is 32.9. The lowest BCUT2D eigenvalue weighted by atomic mass is 10.0. The van der Waals surface area contributed by atoms with E-state index in [9.17, 15) is 10.1 Å². The Morgan fingerprint density at radius 2 is 1.10 bits per heavy atom. The molecular weight excluding hydrogens is 833 g/mol. The maximum absolute atomic E-state index is 12.4. The van der Waals surface area contributed by atoms with Gasteiger partial charge in [-0.05, 0) is 125 Å². The van der Waals surface area contributed by atoms with Crippen molar-refractivity contribution in [2.45, 2.75) is 12.8 Å². The molecule has 11 nitrogen and oxygen atoms in total. The summed E-state index contributed by atoms with van der Waals surface area (Å²) in [6.45, 7) is 8.57. The number of benzene rings is 4. The first-order valence-electron chi connectivity index (χ1n) is 21.9. The zero-order chi connectivity index (χ0) is 45.7. The number of aromatic nitrogens is 5. The maximum atomic E-state index is 12.4. The number of amides is 1. The summed E-state index contributed by atoms with van der Waals surface area (Å²) in [6.07, 6.45) is 12.8. The number of nitriles is 1. The zero-order valence-corrected chi connectivity index (χ0v) is 36.4. The van der Waals surface area contributed by atoms with Gasteiger partial charge in [-0.2, -0.15) is 5.26 Å². The van der Waals surface area contributed by atoms with E-state index in [1.807, 2.05) is 140 Å². The van der Waals surface area contributed by atoms with E-state index in [0.29, 0.717) is 43.0 Å². The second-order valence-electron chi connectivity index (χ2n) is 16.1. The fourth-order valence-electron chi connectivity index (χ4n) is 8.52. The van der Waals surface area contributed by atoms with Gasteiger partial charge >= 0.3 is 0 Å². The largest absolute Gasteiger partial charge is 0.497 e. The first kappa shape index (κ1) is 41.8. The Hall–Kier alpha value is -9.19. The van der Waals surface area contributed by atoms with Crippen LogP contribution in [-0.2, 0) is 11.2 Å². The van der Waals surface area contributed by atoms with Crippen LogP contribution in [0.5, 0.6) is 11.5 Å². The molecule has 0 saturated carbocycles. The Morgan fingerprint density at radius 3 is 1.54 bits per heavy atom. The molecule has 0 unspecified atom stereocenters. The highest BCUT2D eigenvalue weighted by Gasteiger charge is 2.19. The number of hydrogen-bond donors (Lipinski definition) is 4. The summed E-state index contributed by atoms with van der Waals surface area (Å²) in [6, 6.07) is 43.5. The number of aromatic amines is 3. The molecule has 4 N–H and O–H groups in total. The van der Waals surface area contributed by atoms with E-state index in [2.05, 4.69) is 55.4 Å². The molecule has 0 radical (unpaired) electrons. The van der Waals surface area contributed by atoms with E-state index in [-0.39, 0.29) is 5.91 Å². The van der Waals surface area contributed by atoms with Crippen LogP contribution in [0.2, 0.25) is 0 Å². The molecule has 6 heterocycles. The van der Waals surface area contributed by atoms with Gasteiger partial charge in [0.15, 0.2) is 5.69 Å². The van der Waals surface area contributed by atoms with E-state index in [1.165, 1.54) is 0 Å². The summed E-state index contributed by atoms with van der Waals surface area (Å²) in [5.74, 6) is 1.43. The summed E-state index contributed by atoms with van der Waals surface area (Å²) in [5.41, 5.74) is 15.6. The normalized spacial score (nSPS) is 11.5. The topological polar surface area (TPSA) is 149 Å². The number of carbonyl (C=O) groups is 1. The summed E-state index contributed by atoms with van der Waals surface area (Å²) >= 11 is 0. The van der Waals surface area contributed by atoms with E-state index in [0.717, 1.165) is 101 Å². The molecule has 67 heavy (non-hydrogen) atoms. The molecule has 1 amide bonds. The molecule has 0 atom stereocenters. The van der Waals surface area contributed by atoms with Crippen LogP contribution >= 0.6 is 0 Å². The van der Waals surface area contributed by atoms with Gasteiger partial charge in [0.1, 0.15) is 11.5 Å². The molecule has 8 aromatic rings. The summed E-state index contributed by atoms with van der Waals surface area (Å²) in [5, 5.41) is 12.7. The van der Waals surface area contributed by atoms with Crippen molar-refractivity contribution in [3.8, 4) is 62.1 Å². The van der Waals surface area contributed by atoms with Gasteiger partial charge in [-0.25, -0.2) is 14.8 Å². The van der Waals surface area contributed by atoms with Crippen LogP contribution in [0.15, 0.2) is 140 Å². The minimum Gasteiger partial charge on any atom is -0.497 e. The van der Waals surface area contributed by atoms with Crippen LogP contribution in [-0.4, -0.2) is 51.1 Å². The number of ether oxygens (including phenoxy) is 2. The Labute approximate surface area is 386 Å². The lowest BCUT2D eigenvalue weighted by Crippen LogP contribution is -2.26. The third-order valence-corrected chi connectivity index (χ3v) is 11.8. The van der Waals surface area contributed by atoms with Crippen molar-refractivity contribution in [1.29, 1.82) is 5.26 Å². The van der Waals surface area contributed by atoms with Crippen LogP contribution in [0, 0.1) is 17.9 Å². The van der Waals surface area contributed by atoms with Crippen molar-refractivity contribution < 1.29 is 14.3 Å². The third kappa shape index (κ3) is 8.73. The highest BCUT2D eigenvalue weighted by molar-refractivity contribution is 6.00. The van der Waals surface area contributed by atoms with Crippen LogP contribution in [0.25, 0.3) is 95.7 Å². The monoisotopic (exact) mass is 874 g/mol. The van der Waals surface area contributed by atoms with Crippen molar-refractivity contribution in [3.05, 3.63) is 185 Å². The molecule has 0 spiro atoms. The molecule has 4 aromatic carbocycles. The molecule has 324 valence electrons. The number of methoxy groups -OCH3 is 1. The fraction of sp³-hybridized carbons (Fsp3) is 0.0893. The average Bonchev–Trinajstić information content (AvgIpc) is 4.24. The molecule has 8 bridgehead atoms. The fourth-order valence-corrected chi connectivity index (χ4v) is 8.52. The molecule has 10 rings (SSSR count). The van der Waals surface area contributed by atoms with E-state index in [4.69, 9.17) is 26.0 Å². The standard InChI is InChI=1S/C56H42N8O3/c1-58-41-14-8-38(9-15-41)54-46-22-26-49(63-46)55(39-10-16-42(66-2)17-11-39)48-24-20-44(61-48)53(37-6-4-35(33-57)5-7-37)45-21-25-50(62-45)56(51-27-23-47(54)64-51)40-12-18-43(19-13-40)67-31-3-29-60-52(65)32-36-28-30-59-34-36/h4-28,30,34,59,61,64H,3,29,31-32H2,2H3,(H,60,65). The number of nitrogens with one attached hydrogen (secondary N) is 4. The van der Waals surface area contributed by atoms with Crippen molar-refractivity contribution >= 4 is 58.0 Å². The van der Waals surface area contributed by atoms with Crippen molar-refractivity contribution in [1.82, 2.24) is 30.2 Å². The van der Waals surface area contributed by atoms with Gasteiger partial charge in [-0.15, -0.1) is 0 Å². The van der Waals surface area contributed by atoms with Gasteiger partial charge < -0.3 is 29.7 Å². The molecule has 4 aromatic heterocycles. The highest BCUT2D eigenvalue weighted by atomic mass is 16.5. The van der Waals surface area contributed by atoms with Crippen LogP contribution in [0.4, 0.5) is 5.69 Å². The number of rotatable bonds is 12. The summed E-state index contributed by atoms with van der Waals surface area (Å²) < 4.78 is 11.7. The zero-order valence-electron chi connectivity index (χ0n) is 36.4. The summed E-state index contributed by atoms with van der Waals surface area (Å²) in [4.78, 5) is 37.3. The molecule has 0 saturated heterocycles. The van der Waals surface area contributed by atoms with Gasteiger partial charge in [0.25, 0.3) is 0 Å². The molecular formula is C56H42N8O3. The van der Waals surface area contributed by atoms with Gasteiger partial charge in [0.05, 0.1) is 61.1 Å². The highest BCUT2D eigenvalue weighted by Crippen LogP contribution is 2.39. The predicted octanol–water partition coefficient (Wildman–Crippen LogP) is 12.2. The maximum Gasteiger partial charge on any atom is 0.224 e. The third-order valence-electron chi connectivity index (χ3n) is 11.8. The van der Waals surface area contributed by atoms with Crippen LogP contribution in [0.1, 0.15) is 40.3 Å². The van der Waals surface area contributed by atoms with Gasteiger partial charge in [0.2, 0.25) is 5.91 Å². The molecule has 0 fully saturated rings. The number of carbonyl (C=O) groups excluding carboxylic acids is 1. The lowest BCUT2D eigenvalue weighted by molar-refractivity contribution is -0.120. The van der Waals surface area contributed by atoms with Crippen molar-refractivity contribution in [2.24, 2.45) is 0 Å². The smallest absolute Gasteiger partial charge is 0.224 e. The lowest BCUT2D eigenvalue weighted by Gasteiger charge is -2.09. The number of nitrogens with zero attached hydrogens (tertiary/aromatic N) is 4. The van der Waals surface area contributed by atoms with Crippen LogP contribution < -0.4 is 14.8 Å².